The van der Waals surface area contributed by atoms with Crippen LogP contribution in [0.3, 0.4) is 0 Å². The van der Waals surface area contributed by atoms with Crippen LogP contribution in [0.2, 0.25) is 0 Å². The van der Waals surface area contributed by atoms with E-state index in [-0.39, 0.29) is 48.2 Å². The van der Waals surface area contributed by atoms with E-state index in [2.05, 4.69) is 10.4 Å². The Morgan fingerprint density at radius 2 is 1.94 bits per heavy atom. The third kappa shape index (κ3) is 6.18. The largest absolute Gasteiger partial charge is 0.354 e. The van der Waals surface area contributed by atoms with Crippen LogP contribution in [0.5, 0.6) is 0 Å². The van der Waals surface area contributed by atoms with Crippen molar-refractivity contribution in [2.75, 3.05) is 19.6 Å². The van der Waals surface area contributed by atoms with Gasteiger partial charge in [-0.1, -0.05) is 19.1 Å². The summed E-state index contributed by atoms with van der Waals surface area (Å²) in [6, 6.07) is 7.71. The first-order valence-corrected chi connectivity index (χ1v) is 11.5. The molecule has 0 saturated heterocycles. The van der Waals surface area contributed by atoms with E-state index in [1.165, 1.54) is 18.2 Å². The second kappa shape index (κ2) is 11.1. The van der Waals surface area contributed by atoms with Gasteiger partial charge in [-0.25, -0.2) is 4.39 Å². The van der Waals surface area contributed by atoms with Gasteiger partial charge in [-0.3, -0.25) is 19.1 Å². The van der Waals surface area contributed by atoms with Crippen LogP contribution in [0.4, 0.5) is 4.39 Å². The van der Waals surface area contributed by atoms with Crippen molar-refractivity contribution in [1.82, 2.24) is 24.9 Å². The van der Waals surface area contributed by atoms with Crippen molar-refractivity contribution in [3.05, 3.63) is 53.1 Å². The Hall–Kier alpha value is -3.23. The molecule has 0 radical (unpaired) electrons. The highest BCUT2D eigenvalue weighted by Gasteiger charge is 2.28. The molecule has 0 unspecified atom stereocenters. The lowest BCUT2D eigenvalue weighted by Gasteiger charge is -2.21. The minimum Gasteiger partial charge on any atom is -0.354 e. The molecule has 0 fully saturated rings. The SMILES string of the molecule is CC[C@H](C)NC(=O)CCN(CC)C(=O)c1cc2n(n1)CCCN(Cc1ccc(F)cc1)C2=O. The van der Waals surface area contributed by atoms with Crippen LogP contribution in [-0.4, -0.2) is 63.0 Å². The molecular formula is C24H32FN5O3. The Kier molecular flexibility index (Phi) is 8.19. The maximum Gasteiger partial charge on any atom is 0.274 e. The summed E-state index contributed by atoms with van der Waals surface area (Å²) in [4.78, 5) is 41.5. The summed E-state index contributed by atoms with van der Waals surface area (Å²) in [5.74, 6) is -0.922. The molecule has 0 aliphatic carbocycles. The number of hydrogen-bond donors (Lipinski definition) is 1. The Balaban J connectivity index is 1.69. The first kappa shape index (κ1) is 24.4. The van der Waals surface area contributed by atoms with Crippen molar-refractivity contribution in [3.8, 4) is 0 Å². The molecule has 1 aromatic carbocycles. The second-order valence-electron chi connectivity index (χ2n) is 8.36. The summed E-state index contributed by atoms with van der Waals surface area (Å²) in [6.45, 7) is 7.94. The van der Waals surface area contributed by atoms with Crippen molar-refractivity contribution in [1.29, 1.82) is 0 Å². The molecule has 1 atom stereocenters. The zero-order valence-corrected chi connectivity index (χ0v) is 19.5. The number of amides is 3. The van der Waals surface area contributed by atoms with Gasteiger partial charge in [0.05, 0.1) is 0 Å². The normalized spacial score (nSPS) is 14.4. The van der Waals surface area contributed by atoms with Gasteiger partial charge in [0.25, 0.3) is 11.8 Å². The molecule has 2 aromatic rings. The van der Waals surface area contributed by atoms with Gasteiger partial charge in [0, 0.05) is 51.3 Å². The molecule has 178 valence electrons. The van der Waals surface area contributed by atoms with E-state index in [0.717, 1.165) is 12.0 Å². The average molecular weight is 458 g/mol. The van der Waals surface area contributed by atoms with E-state index >= 15 is 0 Å². The minimum atomic E-state index is -0.319. The Morgan fingerprint density at radius 3 is 2.61 bits per heavy atom. The number of aromatic nitrogens is 2. The summed E-state index contributed by atoms with van der Waals surface area (Å²) < 4.78 is 14.8. The third-order valence-corrected chi connectivity index (χ3v) is 5.89. The lowest BCUT2D eigenvalue weighted by molar-refractivity contribution is -0.121. The van der Waals surface area contributed by atoms with Crippen LogP contribution in [0.15, 0.2) is 30.3 Å². The average Bonchev–Trinajstić information content (AvgIpc) is 3.17. The zero-order valence-electron chi connectivity index (χ0n) is 19.5. The number of hydrogen-bond acceptors (Lipinski definition) is 4. The number of nitrogens with one attached hydrogen (secondary N) is 1. The van der Waals surface area contributed by atoms with Crippen LogP contribution in [0.1, 0.15) is 66.6 Å². The molecule has 33 heavy (non-hydrogen) atoms. The van der Waals surface area contributed by atoms with Gasteiger partial charge in [-0.2, -0.15) is 5.10 Å². The molecule has 0 spiro atoms. The van der Waals surface area contributed by atoms with Gasteiger partial charge in [0.1, 0.15) is 11.5 Å². The van der Waals surface area contributed by atoms with E-state index in [1.807, 2.05) is 20.8 Å². The molecule has 9 heteroatoms. The lowest BCUT2D eigenvalue weighted by atomic mass is 10.2. The molecule has 1 aliphatic heterocycles. The highest BCUT2D eigenvalue weighted by molar-refractivity contribution is 5.98. The molecule has 3 amide bonds. The highest BCUT2D eigenvalue weighted by atomic mass is 19.1. The van der Waals surface area contributed by atoms with Crippen molar-refractivity contribution in [2.45, 2.75) is 59.2 Å². The first-order valence-electron chi connectivity index (χ1n) is 11.5. The summed E-state index contributed by atoms with van der Waals surface area (Å²) >= 11 is 0. The number of fused-ring (bicyclic) bond motifs is 1. The Labute approximate surface area is 193 Å². The predicted molar refractivity (Wildman–Crippen MR) is 122 cm³/mol. The molecule has 3 rings (SSSR count). The quantitative estimate of drug-likeness (QED) is 0.627. The molecule has 1 N–H and O–H groups in total. The molecule has 1 aromatic heterocycles. The number of benzene rings is 1. The standard InChI is InChI=1S/C24H32FN5O3/c1-4-17(3)26-22(31)11-14-28(5-2)23(32)20-15-21-24(33)29(12-6-13-30(21)27-20)16-18-7-9-19(25)10-8-18/h7-10,15,17H,4-6,11-14,16H2,1-3H3,(H,26,31)/t17-/m0/s1. The van der Waals surface area contributed by atoms with Gasteiger partial charge in [0.15, 0.2) is 5.69 Å². The number of carbonyl (C=O) groups is 3. The number of carbonyl (C=O) groups excluding carboxylic acids is 3. The fourth-order valence-electron chi connectivity index (χ4n) is 3.75. The van der Waals surface area contributed by atoms with E-state index in [4.69, 9.17) is 0 Å². The van der Waals surface area contributed by atoms with E-state index in [1.54, 1.807) is 26.6 Å². The van der Waals surface area contributed by atoms with E-state index < -0.39 is 0 Å². The fraction of sp³-hybridized carbons (Fsp3) is 0.500. The van der Waals surface area contributed by atoms with Gasteiger partial charge in [0.2, 0.25) is 5.91 Å². The van der Waals surface area contributed by atoms with Crippen LogP contribution in [0.25, 0.3) is 0 Å². The molecule has 0 bridgehead atoms. The van der Waals surface area contributed by atoms with Crippen LogP contribution in [-0.2, 0) is 17.9 Å². The van der Waals surface area contributed by atoms with E-state index in [9.17, 15) is 18.8 Å². The number of nitrogens with zero attached hydrogens (tertiary/aromatic N) is 4. The second-order valence-corrected chi connectivity index (χ2v) is 8.36. The summed E-state index contributed by atoms with van der Waals surface area (Å²) in [5.41, 5.74) is 1.40. The van der Waals surface area contributed by atoms with Crippen molar-refractivity contribution in [2.24, 2.45) is 0 Å². The van der Waals surface area contributed by atoms with Gasteiger partial charge >= 0.3 is 0 Å². The van der Waals surface area contributed by atoms with Gasteiger partial charge in [-0.05, 0) is 44.4 Å². The summed E-state index contributed by atoms with van der Waals surface area (Å²) in [5, 5.41) is 7.30. The monoisotopic (exact) mass is 457 g/mol. The van der Waals surface area contributed by atoms with Gasteiger partial charge in [-0.15, -0.1) is 0 Å². The minimum absolute atomic E-state index is 0.0935. The van der Waals surface area contributed by atoms with Crippen molar-refractivity contribution >= 4 is 17.7 Å². The topological polar surface area (TPSA) is 87.5 Å². The van der Waals surface area contributed by atoms with Crippen molar-refractivity contribution in [3.63, 3.8) is 0 Å². The van der Waals surface area contributed by atoms with Crippen LogP contribution < -0.4 is 5.32 Å². The number of halogens is 1. The highest BCUT2D eigenvalue weighted by Crippen LogP contribution is 2.18. The predicted octanol–water partition coefficient (Wildman–Crippen LogP) is 2.84. The Bertz CT molecular complexity index is 988. The zero-order chi connectivity index (χ0) is 24.0. The molecule has 2 heterocycles. The third-order valence-electron chi connectivity index (χ3n) is 5.89. The summed E-state index contributed by atoms with van der Waals surface area (Å²) in [6.07, 6.45) is 1.75. The maximum atomic E-state index is 13.2. The molecular weight excluding hydrogens is 425 g/mol. The number of aryl methyl sites for hydroxylation is 1. The van der Waals surface area contributed by atoms with Crippen molar-refractivity contribution < 1.29 is 18.8 Å². The van der Waals surface area contributed by atoms with E-state index in [0.29, 0.717) is 38.3 Å². The van der Waals surface area contributed by atoms with Gasteiger partial charge < -0.3 is 15.1 Å². The maximum absolute atomic E-state index is 13.2. The molecule has 8 nitrogen and oxygen atoms in total. The molecule has 0 saturated carbocycles. The van der Waals surface area contributed by atoms with Crippen LogP contribution >= 0.6 is 0 Å². The lowest BCUT2D eigenvalue weighted by Crippen LogP contribution is -2.37. The van der Waals surface area contributed by atoms with Crippen LogP contribution in [0, 0.1) is 5.82 Å². The summed E-state index contributed by atoms with van der Waals surface area (Å²) in [7, 11) is 0. The Morgan fingerprint density at radius 1 is 1.21 bits per heavy atom. The smallest absolute Gasteiger partial charge is 0.274 e. The fourth-order valence-corrected chi connectivity index (χ4v) is 3.75. The first-order chi connectivity index (χ1) is 15.8. The molecule has 1 aliphatic rings. The number of rotatable bonds is 9.